The number of rotatable bonds is 8. The summed E-state index contributed by atoms with van der Waals surface area (Å²) < 4.78 is 10.4. The second-order valence-electron chi connectivity index (χ2n) is 6.43. The second kappa shape index (κ2) is 8.71. The zero-order valence-electron chi connectivity index (χ0n) is 15.9. The number of nitrogens with two attached hydrogens (primary N) is 1. The van der Waals surface area contributed by atoms with Crippen molar-refractivity contribution in [1.29, 1.82) is 0 Å². The molecular weight excluding hydrogens is 360 g/mol. The largest absolute Gasteiger partial charge is 0.464 e. The molecule has 3 aromatic rings. The normalized spacial score (nSPS) is 13.2. The van der Waals surface area contributed by atoms with Gasteiger partial charge in [-0.3, -0.25) is 4.79 Å². The number of oxazole rings is 1. The Labute approximate surface area is 162 Å². The molecule has 2 atom stereocenters. The van der Waals surface area contributed by atoms with E-state index in [1.807, 2.05) is 37.4 Å². The molecule has 1 aromatic carbocycles. The van der Waals surface area contributed by atoms with Gasteiger partial charge in [0.25, 0.3) is 5.91 Å². The number of carbonyl (C=O) groups is 2. The lowest BCUT2D eigenvalue weighted by Gasteiger charge is -2.16. The highest BCUT2D eigenvalue weighted by molar-refractivity contribution is 5.95. The van der Waals surface area contributed by atoms with Gasteiger partial charge in [-0.05, 0) is 25.0 Å². The molecular formula is C20H24N4O4. The number of para-hydroxylation sites is 1. The number of hydrogen-bond donors (Lipinski definition) is 3. The van der Waals surface area contributed by atoms with Crippen LogP contribution in [0.4, 0.5) is 0 Å². The Morgan fingerprint density at radius 1 is 1.32 bits per heavy atom. The van der Waals surface area contributed by atoms with Crippen LogP contribution in [0.5, 0.6) is 0 Å². The van der Waals surface area contributed by atoms with Gasteiger partial charge in [0.2, 0.25) is 5.89 Å². The molecule has 2 aromatic heterocycles. The van der Waals surface area contributed by atoms with Crippen molar-refractivity contribution in [1.82, 2.24) is 15.3 Å². The van der Waals surface area contributed by atoms with Crippen LogP contribution in [0, 0.1) is 0 Å². The van der Waals surface area contributed by atoms with Crippen molar-refractivity contribution >= 4 is 22.8 Å². The average Bonchev–Trinajstić information content (AvgIpc) is 3.35. The summed E-state index contributed by atoms with van der Waals surface area (Å²) in [4.78, 5) is 32.3. The zero-order valence-corrected chi connectivity index (χ0v) is 15.9. The van der Waals surface area contributed by atoms with Gasteiger partial charge >= 0.3 is 5.97 Å². The van der Waals surface area contributed by atoms with Crippen LogP contribution in [-0.4, -0.2) is 34.5 Å². The summed E-state index contributed by atoms with van der Waals surface area (Å²) in [5.41, 5.74) is 7.82. The molecule has 0 spiro atoms. The number of aromatic amines is 1. The van der Waals surface area contributed by atoms with E-state index >= 15 is 0 Å². The summed E-state index contributed by atoms with van der Waals surface area (Å²) in [6.07, 6.45) is 3.99. The highest BCUT2D eigenvalue weighted by Gasteiger charge is 2.26. The number of carbonyl (C=O) groups excluding carboxylic acids is 2. The van der Waals surface area contributed by atoms with Crippen LogP contribution in [0.1, 0.15) is 48.3 Å². The molecule has 3 rings (SSSR count). The molecule has 148 valence electrons. The Morgan fingerprint density at radius 3 is 2.86 bits per heavy atom. The van der Waals surface area contributed by atoms with E-state index in [1.54, 1.807) is 6.92 Å². The summed E-state index contributed by atoms with van der Waals surface area (Å²) in [5.74, 6) is -0.733. The number of H-pyrrole nitrogens is 1. The van der Waals surface area contributed by atoms with Crippen LogP contribution in [0.15, 0.2) is 41.1 Å². The average molecular weight is 384 g/mol. The molecule has 1 amide bonds. The lowest BCUT2D eigenvalue weighted by Crippen LogP contribution is -2.43. The maximum absolute atomic E-state index is 12.6. The van der Waals surface area contributed by atoms with E-state index in [1.165, 1.54) is 6.26 Å². The fourth-order valence-electron chi connectivity index (χ4n) is 2.93. The molecule has 28 heavy (non-hydrogen) atoms. The minimum Gasteiger partial charge on any atom is -0.464 e. The van der Waals surface area contributed by atoms with Crippen molar-refractivity contribution < 1.29 is 18.7 Å². The first kappa shape index (κ1) is 19.6. The van der Waals surface area contributed by atoms with E-state index in [9.17, 15) is 9.59 Å². The van der Waals surface area contributed by atoms with E-state index in [-0.39, 0.29) is 30.7 Å². The summed E-state index contributed by atoms with van der Waals surface area (Å²) in [6.45, 7) is 3.84. The van der Waals surface area contributed by atoms with Gasteiger partial charge in [0.15, 0.2) is 5.69 Å². The molecule has 2 unspecified atom stereocenters. The number of amides is 1. The number of benzene rings is 1. The van der Waals surface area contributed by atoms with Gasteiger partial charge in [-0.2, -0.15) is 0 Å². The van der Waals surface area contributed by atoms with Gasteiger partial charge in [0, 0.05) is 23.5 Å². The quantitative estimate of drug-likeness (QED) is 0.513. The third-order valence-electron chi connectivity index (χ3n) is 4.49. The van der Waals surface area contributed by atoms with Crippen LogP contribution in [-0.2, 0) is 16.0 Å². The van der Waals surface area contributed by atoms with Crippen LogP contribution in [0.3, 0.4) is 0 Å². The Hall–Kier alpha value is -3.13. The fraction of sp³-hybridized carbons (Fsp3) is 0.350. The molecule has 4 N–H and O–H groups in total. The number of esters is 1. The van der Waals surface area contributed by atoms with E-state index in [0.29, 0.717) is 6.42 Å². The third-order valence-corrected chi connectivity index (χ3v) is 4.49. The highest BCUT2D eigenvalue weighted by Crippen LogP contribution is 2.20. The molecule has 0 radical (unpaired) electrons. The maximum Gasteiger partial charge on any atom is 0.328 e. The van der Waals surface area contributed by atoms with Crippen LogP contribution in [0.25, 0.3) is 10.9 Å². The minimum absolute atomic E-state index is 0.0760. The molecule has 0 aliphatic carbocycles. The molecule has 8 heteroatoms. The van der Waals surface area contributed by atoms with E-state index in [2.05, 4.69) is 15.3 Å². The van der Waals surface area contributed by atoms with Gasteiger partial charge < -0.3 is 25.2 Å². The number of nitrogens with one attached hydrogen (secondary N) is 2. The first-order chi connectivity index (χ1) is 13.5. The lowest BCUT2D eigenvalue weighted by atomic mass is 10.0. The summed E-state index contributed by atoms with van der Waals surface area (Å²) >= 11 is 0. The molecule has 8 nitrogen and oxygen atoms in total. The summed E-state index contributed by atoms with van der Waals surface area (Å²) in [6, 6.07) is 6.52. The van der Waals surface area contributed by atoms with Crippen molar-refractivity contribution in [3.05, 3.63) is 53.9 Å². The fourth-order valence-corrected chi connectivity index (χ4v) is 2.93. The van der Waals surface area contributed by atoms with Crippen molar-refractivity contribution in [2.24, 2.45) is 5.73 Å². The SMILES string of the molecule is CCOC(=O)C(Cc1c[nH]c2ccccc12)NC(=O)c1coc(C(N)CC)n1. The van der Waals surface area contributed by atoms with Gasteiger partial charge in [0.1, 0.15) is 12.3 Å². The molecule has 0 saturated heterocycles. The molecule has 0 aliphatic heterocycles. The topological polar surface area (TPSA) is 123 Å². The molecule has 0 bridgehead atoms. The van der Waals surface area contributed by atoms with Gasteiger partial charge in [-0.25, -0.2) is 9.78 Å². The summed E-state index contributed by atoms with van der Waals surface area (Å²) in [7, 11) is 0. The van der Waals surface area contributed by atoms with Crippen molar-refractivity contribution in [3.8, 4) is 0 Å². The summed E-state index contributed by atoms with van der Waals surface area (Å²) in [5, 5.41) is 3.69. The molecule has 0 saturated carbocycles. The Balaban J connectivity index is 1.79. The number of nitrogens with zero attached hydrogens (tertiary/aromatic N) is 1. The third kappa shape index (κ3) is 4.23. The Kier molecular flexibility index (Phi) is 6.10. The Bertz CT molecular complexity index is 962. The predicted molar refractivity (Wildman–Crippen MR) is 104 cm³/mol. The van der Waals surface area contributed by atoms with E-state index in [0.717, 1.165) is 16.5 Å². The van der Waals surface area contributed by atoms with Crippen LogP contribution >= 0.6 is 0 Å². The van der Waals surface area contributed by atoms with Crippen molar-refractivity contribution in [3.63, 3.8) is 0 Å². The van der Waals surface area contributed by atoms with E-state index in [4.69, 9.17) is 14.9 Å². The van der Waals surface area contributed by atoms with Gasteiger partial charge in [0.05, 0.1) is 12.6 Å². The molecule has 2 heterocycles. The smallest absolute Gasteiger partial charge is 0.328 e. The van der Waals surface area contributed by atoms with Gasteiger partial charge in [-0.1, -0.05) is 25.1 Å². The van der Waals surface area contributed by atoms with Gasteiger partial charge in [-0.15, -0.1) is 0 Å². The van der Waals surface area contributed by atoms with E-state index < -0.39 is 17.9 Å². The molecule has 0 aliphatic rings. The second-order valence-corrected chi connectivity index (χ2v) is 6.43. The predicted octanol–water partition coefficient (Wildman–Crippen LogP) is 2.47. The number of hydrogen-bond acceptors (Lipinski definition) is 6. The van der Waals surface area contributed by atoms with Crippen molar-refractivity contribution in [2.45, 2.75) is 38.8 Å². The lowest BCUT2D eigenvalue weighted by molar-refractivity contribution is -0.145. The zero-order chi connectivity index (χ0) is 20.1. The maximum atomic E-state index is 12.6. The first-order valence-corrected chi connectivity index (χ1v) is 9.27. The molecule has 0 fully saturated rings. The minimum atomic E-state index is -0.855. The number of aromatic nitrogens is 2. The number of ether oxygens (including phenoxy) is 1. The van der Waals surface area contributed by atoms with Crippen LogP contribution < -0.4 is 11.1 Å². The Morgan fingerprint density at radius 2 is 2.11 bits per heavy atom. The standard InChI is InChI=1S/C20H24N4O4/c1-3-14(21)19-24-17(11-28-19)18(25)23-16(20(26)27-4-2)9-12-10-22-15-8-6-5-7-13(12)15/h5-8,10-11,14,16,22H,3-4,9,21H2,1-2H3,(H,23,25). The van der Waals surface area contributed by atoms with Crippen LogP contribution in [0.2, 0.25) is 0 Å². The monoisotopic (exact) mass is 384 g/mol. The van der Waals surface area contributed by atoms with Crippen molar-refractivity contribution in [2.75, 3.05) is 6.61 Å². The number of fused-ring (bicyclic) bond motifs is 1. The first-order valence-electron chi connectivity index (χ1n) is 9.27. The highest BCUT2D eigenvalue weighted by atomic mass is 16.5.